The van der Waals surface area contributed by atoms with E-state index >= 15 is 0 Å². The third-order valence-electron chi connectivity index (χ3n) is 8.06. The standard InChI is InChI=1S/C32H45N3O8/c1-17-12-22-27(34-16-21-10-11-21)24(36)15-23(29(22)38)35-31(39)18(2)8-7-9-25(41-5)30(43-32(33)40)20(4)14-19(3)28(37)26(13-17)42-6/h7-9,14-15,17,19,21,25-26,28,30,34,37H,10-13,16H2,1-6H3,(H2,33,40)(H,35,39)/t17-,19+,25+,26+,28-,30+/m1/s1. The number of allylic oxidation sites excluding steroid dienone is 4. The van der Waals surface area contributed by atoms with Crippen molar-refractivity contribution in [3.63, 3.8) is 0 Å². The zero-order valence-corrected chi connectivity index (χ0v) is 25.8. The van der Waals surface area contributed by atoms with Gasteiger partial charge in [-0.15, -0.1) is 0 Å². The monoisotopic (exact) mass is 599 g/mol. The molecule has 3 aliphatic rings. The maximum Gasteiger partial charge on any atom is 0.405 e. The van der Waals surface area contributed by atoms with Gasteiger partial charge in [0.1, 0.15) is 6.10 Å². The number of aliphatic hydroxyl groups excluding tert-OH is 1. The number of Topliss-reactive ketones (excluding diaryl/α,β-unsaturated/α-hetero) is 1. The van der Waals surface area contributed by atoms with Gasteiger partial charge in [0.25, 0.3) is 5.91 Å². The molecule has 5 N–H and O–H groups in total. The minimum absolute atomic E-state index is 0.0923. The lowest BCUT2D eigenvalue weighted by atomic mass is 9.85. The summed E-state index contributed by atoms with van der Waals surface area (Å²) in [6, 6.07) is 0. The lowest BCUT2D eigenvalue weighted by Gasteiger charge is -2.30. The van der Waals surface area contributed by atoms with Crippen molar-refractivity contribution < 1.29 is 38.5 Å². The van der Waals surface area contributed by atoms with Gasteiger partial charge in [-0.05, 0) is 56.9 Å². The SMILES string of the molecule is CO[C@H]1C=CC=C(C)C(=O)NC2=CC(=O)C(NCC3CC3)=C(C[C@@H](C)C[C@H](OC)[C@H](O)[C@@H](C)C=C(C)[C@@H]1OC(N)=O)C2=O. The van der Waals surface area contributed by atoms with Crippen molar-refractivity contribution in [2.75, 3.05) is 20.8 Å². The van der Waals surface area contributed by atoms with Gasteiger partial charge in [0.15, 0.2) is 6.10 Å². The summed E-state index contributed by atoms with van der Waals surface area (Å²) in [6.07, 6.45) is 6.18. The van der Waals surface area contributed by atoms with Crippen LogP contribution in [0.4, 0.5) is 4.79 Å². The summed E-state index contributed by atoms with van der Waals surface area (Å²) < 4.78 is 16.6. The Bertz CT molecular complexity index is 1240. The van der Waals surface area contributed by atoms with Crippen LogP contribution < -0.4 is 16.4 Å². The van der Waals surface area contributed by atoms with Gasteiger partial charge in [-0.25, -0.2) is 4.79 Å². The van der Waals surface area contributed by atoms with Crippen LogP contribution >= 0.6 is 0 Å². The highest BCUT2D eigenvalue weighted by Crippen LogP contribution is 2.31. The van der Waals surface area contributed by atoms with Crippen molar-refractivity contribution in [2.45, 2.75) is 77.8 Å². The molecule has 43 heavy (non-hydrogen) atoms. The molecule has 236 valence electrons. The Morgan fingerprint density at radius 3 is 2.44 bits per heavy atom. The molecule has 2 aliphatic carbocycles. The predicted molar refractivity (Wildman–Crippen MR) is 160 cm³/mol. The quantitative estimate of drug-likeness (QED) is 0.265. The fourth-order valence-corrected chi connectivity index (χ4v) is 5.35. The first-order chi connectivity index (χ1) is 20.4. The van der Waals surface area contributed by atoms with Crippen LogP contribution in [-0.2, 0) is 28.6 Å². The van der Waals surface area contributed by atoms with Crippen LogP contribution in [-0.4, -0.2) is 73.9 Å². The molecule has 11 nitrogen and oxygen atoms in total. The van der Waals surface area contributed by atoms with E-state index in [4.69, 9.17) is 19.9 Å². The number of ketones is 2. The van der Waals surface area contributed by atoms with E-state index < -0.39 is 48.1 Å². The zero-order valence-electron chi connectivity index (χ0n) is 25.8. The van der Waals surface area contributed by atoms with Crippen LogP contribution in [0.25, 0.3) is 0 Å². The molecule has 0 unspecified atom stereocenters. The van der Waals surface area contributed by atoms with Crippen LogP contribution in [0.1, 0.15) is 53.4 Å². The van der Waals surface area contributed by atoms with Gasteiger partial charge in [0.2, 0.25) is 11.6 Å². The number of carbonyl (C=O) groups excluding carboxylic acids is 4. The number of ether oxygens (including phenoxy) is 3. The fourth-order valence-electron chi connectivity index (χ4n) is 5.35. The second-order valence-electron chi connectivity index (χ2n) is 11.8. The summed E-state index contributed by atoms with van der Waals surface area (Å²) in [5.41, 5.74) is 6.69. The first kappa shape index (κ1) is 34.0. The number of rotatable bonds is 6. The van der Waals surface area contributed by atoms with Gasteiger partial charge in [-0.1, -0.05) is 38.2 Å². The Kier molecular flexibility index (Phi) is 12.1. The van der Waals surface area contributed by atoms with Crippen molar-refractivity contribution >= 4 is 23.6 Å². The number of carbonyl (C=O) groups is 4. The highest BCUT2D eigenvalue weighted by Gasteiger charge is 2.34. The lowest BCUT2D eigenvalue weighted by molar-refractivity contribution is -0.120. The highest BCUT2D eigenvalue weighted by molar-refractivity contribution is 6.23. The zero-order chi connectivity index (χ0) is 31.8. The van der Waals surface area contributed by atoms with E-state index in [1.165, 1.54) is 26.4 Å². The molecule has 2 amide bonds. The number of methoxy groups -OCH3 is 2. The summed E-state index contributed by atoms with van der Waals surface area (Å²) in [5.74, 6) is -1.47. The van der Waals surface area contributed by atoms with Crippen LogP contribution in [0.2, 0.25) is 0 Å². The molecule has 6 atom stereocenters. The van der Waals surface area contributed by atoms with Gasteiger partial charge in [0.05, 0.1) is 23.6 Å². The molecule has 3 rings (SSSR count). The van der Waals surface area contributed by atoms with E-state index in [0.29, 0.717) is 30.0 Å². The van der Waals surface area contributed by atoms with Gasteiger partial charge >= 0.3 is 6.09 Å². The second-order valence-corrected chi connectivity index (χ2v) is 11.8. The number of hydrogen-bond donors (Lipinski definition) is 4. The van der Waals surface area contributed by atoms with E-state index in [0.717, 1.165) is 12.8 Å². The molecule has 2 bridgehead atoms. The summed E-state index contributed by atoms with van der Waals surface area (Å²) in [6.45, 7) is 7.65. The number of hydrogen-bond acceptors (Lipinski definition) is 9. The molecular formula is C32H45N3O8. The van der Waals surface area contributed by atoms with E-state index in [-0.39, 0.29) is 35.1 Å². The van der Waals surface area contributed by atoms with Crippen LogP contribution in [0.15, 0.2) is 58.5 Å². The average molecular weight is 600 g/mol. The van der Waals surface area contributed by atoms with Crippen LogP contribution in [0, 0.1) is 17.8 Å². The molecule has 1 saturated carbocycles. The molecule has 1 aliphatic heterocycles. The molecule has 0 radical (unpaired) electrons. The smallest absolute Gasteiger partial charge is 0.405 e. The number of fused-ring (bicyclic) bond motifs is 2. The summed E-state index contributed by atoms with van der Waals surface area (Å²) in [7, 11) is 2.95. The first-order valence-electron chi connectivity index (χ1n) is 14.7. The molecule has 11 heteroatoms. The van der Waals surface area contributed by atoms with E-state index in [2.05, 4.69) is 10.6 Å². The molecule has 1 fully saturated rings. The topological polar surface area (TPSA) is 166 Å². The summed E-state index contributed by atoms with van der Waals surface area (Å²) >= 11 is 0. The lowest BCUT2D eigenvalue weighted by Crippen LogP contribution is -2.38. The first-order valence-corrected chi connectivity index (χ1v) is 14.7. The van der Waals surface area contributed by atoms with E-state index in [1.54, 1.807) is 32.1 Å². The van der Waals surface area contributed by atoms with Crippen LogP contribution in [0.5, 0.6) is 0 Å². The molecule has 1 heterocycles. The molecule has 0 aromatic rings. The molecule has 0 aromatic carbocycles. The number of amides is 2. The summed E-state index contributed by atoms with van der Waals surface area (Å²) in [5, 5.41) is 17.1. The molecular weight excluding hydrogens is 554 g/mol. The van der Waals surface area contributed by atoms with Crippen molar-refractivity contribution in [3.8, 4) is 0 Å². The van der Waals surface area contributed by atoms with Crippen molar-refractivity contribution in [2.24, 2.45) is 23.5 Å². The van der Waals surface area contributed by atoms with Crippen molar-refractivity contribution in [3.05, 3.63) is 58.5 Å². The maximum absolute atomic E-state index is 13.7. The number of aliphatic hydroxyl groups is 1. The Balaban J connectivity index is 2.04. The van der Waals surface area contributed by atoms with Gasteiger partial charge in [-0.2, -0.15) is 0 Å². The normalized spacial score (nSPS) is 29.8. The van der Waals surface area contributed by atoms with E-state index in [1.807, 2.05) is 13.8 Å². The Morgan fingerprint density at radius 1 is 1.14 bits per heavy atom. The highest BCUT2D eigenvalue weighted by atomic mass is 16.6. The van der Waals surface area contributed by atoms with Gasteiger partial charge < -0.3 is 35.7 Å². The maximum atomic E-state index is 13.7. The average Bonchev–Trinajstić information content (AvgIpc) is 3.78. The fraction of sp³-hybridized carbons (Fsp3) is 0.562. The second kappa shape index (κ2) is 15.3. The van der Waals surface area contributed by atoms with Gasteiger partial charge in [-0.3, -0.25) is 14.4 Å². The van der Waals surface area contributed by atoms with Crippen molar-refractivity contribution in [1.29, 1.82) is 0 Å². The molecule has 0 saturated heterocycles. The molecule has 0 spiro atoms. The van der Waals surface area contributed by atoms with Crippen LogP contribution in [0.3, 0.4) is 0 Å². The van der Waals surface area contributed by atoms with Gasteiger partial charge in [0, 0.05) is 43.9 Å². The molecule has 0 aromatic heterocycles. The predicted octanol–water partition coefficient (Wildman–Crippen LogP) is 2.76. The number of primary amides is 1. The number of nitrogens with one attached hydrogen (secondary N) is 2. The van der Waals surface area contributed by atoms with E-state index in [9.17, 15) is 24.3 Å². The number of nitrogens with two attached hydrogens (primary N) is 1. The minimum atomic E-state index is -0.992. The summed E-state index contributed by atoms with van der Waals surface area (Å²) in [4.78, 5) is 51.6. The minimum Gasteiger partial charge on any atom is -0.439 e. The van der Waals surface area contributed by atoms with Crippen molar-refractivity contribution in [1.82, 2.24) is 10.6 Å². The third kappa shape index (κ3) is 9.22. The largest absolute Gasteiger partial charge is 0.439 e. The third-order valence-corrected chi connectivity index (χ3v) is 8.06. The Morgan fingerprint density at radius 2 is 1.84 bits per heavy atom. The Labute approximate surface area is 253 Å². The Hall–Kier alpha value is -3.54.